The van der Waals surface area contributed by atoms with Crippen LogP contribution in [0.15, 0.2) is 70.5 Å². The number of benzene rings is 2. The molecular weight excluding hydrogens is 465 g/mol. The molecule has 2 rings (SSSR count). The Morgan fingerprint density at radius 1 is 0.593 bits per heavy atom. The van der Waals surface area contributed by atoms with Crippen LogP contribution in [0.1, 0.15) is 0 Å². The number of sulfonamides is 2. The number of hydrogen-bond acceptors (Lipinski definition) is 6. The average molecular weight is 479 g/mol. The molecule has 0 aliphatic rings. The van der Waals surface area contributed by atoms with Crippen molar-refractivity contribution < 1.29 is 92.4 Å². The molecule has 0 saturated carbocycles. The molecule has 9 nitrogen and oxygen atoms in total. The SMILES string of the molecule is O.O=S(=O)([N-]Cl)c1ccccc1.O=S(=O)([N-]Cl)c1ccccc1.[Na+].[Na+].[OH-].[OH-]. The molecule has 0 fully saturated rings. The third-order valence-electron chi connectivity index (χ3n) is 2.26. The van der Waals surface area contributed by atoms with Crippen LogP contribution < -0.4 is 59.1 Å². The maximum Gasteiger partial charge on any atom is 1.00 e. The van der Waals surface area contributed by atoms with Gasteiger partial charge in [-0.1, -0.05) is 36.4 Å². The molecule has 4 N–H and O–H groups in total. The summed E-state index contributed by atoms with van der Waals surface area (Å²) in [7, 11) is -7.22. The van der Waals surface area contributed by atoms with Gasteiger partial charge in [0.2, 0.25) is 0 Å². The zero-order valence-electron chi connectivity index (χ0n) is 14.3. The average Bonchev–Trinajstić information content (AvgIpc) is 2.57. The summed E-state index contributed by atoms with van der Waals surface area (Å²) in [6, 6.07) is 15.6. The summed E-state index contributed by atoms with van der Waals surface area (Å²) < 4.78 is 49.1. The Bertz CT molecular complexity index is 730. The molecule has 0 atom stereocenters. The summed E-state index contributed by atoms with van der Waals surface area (Å²) in [5.41, 5.74) is 0. The first-order valence-electron chi connectivity index (χ1n) is 5.60. The fourth-order valence-corrected chi connectivity index (χ4v) is 2.90. The minimum atomic E-state index is -3.61. The zero-order valence-corrected chi connectivity index (χ0v) is 21.4. The first kappa shape index (κ1) is 38.3. The first-order valence-corrected chi connectivity index (χ1v) is 9.16. The van der Waals surface area contributed by atoms with E-state index in [1.807, 2.05) is 0 Å². The Morgan fingerprint density at radius 2 is 0.815 bits per heavy atom. The second kappa shape index (κ2) is 18.7. The Labute approximate surface area is 212 Å². The van der Waals surface area contributed by atoms with Crippen LogP contribution >= 0.6 is 23.6 Å². The number of halogens is 2. The Kier molecular flexibility index (Phi) is 26.6. The second-order valence-corrected chi connectivity index (χ2v) is 7.66. The van der Waals surface area contributed by atoms with Crippen LogP contribution in [0.4, 0.5) is 0 Å². The number of rotatable bonds is 4. The molecule has 15 heteroatoms. The van der Waals surface area contributed by atoms with Gasteiger partial charge in [-0.3, -0.25) is 23.6 Å². The molecule has 0 aliphatic heterocycles. The third kappa shape index (κ3) is 13.5. The molecule has 0 unspecified atom stereocenters. The Balaban J connectivity index is -0.000000101. The second-order valence-electron chi connectivity index (χ2n) is 3.71. The monoisotopic (exact) mass is 478 g/mol. The van der Waals surface area contributed by atoms with E-state index in [1.54, 1.807) is 36.4 Å². The van der Waals surface area contributed by atoms with Gasteiger partial charge < -0.3 is 24.9 Å². The van der Waals surface area contributed by atoms with Gasteiger partial charge in [0.05, 0.1) is 0 Å². The van der Waals surface area contributed by atoms with Crippen molar-refractivity contribution in [3.05, 3.63) is 69.1 Å². The van der Waals surface area contributed by atoms with E-state index in [1.165, 1.54) is 24.3 Å². The molecule has 0 amide bonds. The van der Waals surface area contributed by atoms with Crippen LogP contribution in [-0.2, 0) is 20.0 Å². The van der Waals surface area contributed by atoms with E-state index in [-0.39, 0.29) is 85.3 Å². The van der Waals surface area contributed by atoms with E-state index < -0.39 is 20.0 Å². The molecule has 2 aromatic rings. The minimum absolute atomic E-state index is 0. The van der Waals surface area contributed by atoms with Gasteiger partial charge in [-0.15, -0.1) is 0 Å². The van der Waals surface area contributed by atoms with Crippen molar-refractivity contribution in [3.8, 4) is 0 Å². The molecule has 0 aromatic heterocycles. The van der Waals surface area contributed by atoms with Gasteiger partial charge in [0.15, 0.2) is 0 Å². The van der Waals surface area contributed by atoms with Gasteiger partial charge in [0.1, 0.15) is 20.0 Å². The minimum Gasteiger partial charge on any atom is -0.870 e. The predicted molar refractivity (Wildman–Crippen MR) is 93.2 cm³/mol. The molecule has 0 bridgehead atoms. The quantitative estimate of drug-likeness (QED) is 0.412. The fraction of sp³-hybridized carbons (Fsp3) is 0. The van der Waals surface area contributed by atoms with Crippen LogP contribution in [0, 0.1) is 0 Å². The van der Waals surface area contributed by atoms with Crippen LogP contribution in [0.2, 0.25) is 0 Å². The van der Waals surface area contributed by atoms with Gasteiger partial charge in [-0.25, -0.2) is 16.8 Å². The third-order valence-corrected chi connectivity index (χ3v) is 5.45. The molecule has 0 radical (unpaired) electrons. The molecule has 144 valence electrons. The Hall–Kier alpha value is 0.720. The van der Waals surface area contributed by atoms with E-state index in [9.17, 15) is 16.8 Å². The topological polar surface area (TPSA) is 188 Å². The van der Waals surface area contributed by atoms with Crippen molar-refractivity contribution in [1.29, 1.82) is 0 Å². The molecule has 0 heterocycles. The van der Waals surface area contributed by atoms with Crippen molar-refractivity contribution in [2.75, 3.05) is 0 Å². The summed E-state index contributed by atoms with van der Waals surface area (Å²) >= 11 is 9.73. The summed E-state index contributed by atoms with van der Waals surface area (Å²) in [5, 5.41) is 0. The van der Waals surface area contributed by atoms with E-state index in [2.05, 4.69) is 8.48 Å². The summed E-state index contributed by atoms with van der Waals surface area (Å²) in [5.74, 6) is 0. The number of nitrogens with zero attached hydrogens (tertiary/aromatic N) is 2. The van der Waals surface area contributed by atoms with E-state index in [0.29, 0.717) is 0 Å². The van der Waals surface area contributed by atoms with Gasteiger partial charge in [0, 0.05) is 9.79 Å². The van der Waals surface area contributed by atoms with Gasteiger partial charge in [-0.05, 0) is 24.3 Å². The summed E-state index contributed by atoms with van der Waals surface area (Å²) in [4.78, 5) is 0.213. The van der Waals surface area contributed by atoms with Gasteiger partial charge >= 0.3 is 59.1 Å². The molecule has 0 saturated heterocycles. The largest absolute Gasteiger partial charge is 1.00 e. The smallest absolute Gasteiger partial charge is 0.870 e. The normalized spacial score (nSPS) is 9.26. The molecule has 27 heavy (non-hydrogen) atoms. The molecule has 0 aliphatic carbocycles. The van der Waals surface area contributed by atoms with Crippen LogP contribution in [0.25, 0.3) is 8.48 Å². The standard InChI is InChI=1S/2C6H5ClNO2S.2Na.3H2O/c2*7-8-11(9,10)6-4-2-1-3-5-6;;;;;/h2*1-5H;;;3*1H2/q2*-1;2*+1;;;/p-2. The van der Waals surface area contributed by atoms with Crippen molar-refractivity contribution in [1.82, 2.24) is 0 Å². The summed E-state index contributed by atoms with van der Waals surface area (Å²) in [6.45, 7) is 0. The fourth-order valence-electron chi connectivity index (χ4n) is 1.26. The van der Waals surface area contributed by atoms with Crippen LogP contribution in [0.5, 0.6) is 0 Å². The zero-order chi connectivity index (χ0) is 16.6. The summed E-state index contributed by atoms with van der Waals surface area (Å²) in [6.07, 6.45) is 0. The first-order chi connectivity index (χ1) is 10.3. The maximum absolute atomic E-state index is 10.9. The van der Waals surface area contributed by atoms with E-state index in [0.717, 1.165) is 0 Å². The van der Waals surface area contributed by atoms with Gasteiger partial charge in [0.25, 0.3) is 0 Å². The molecular formula is C12H14Cl2N2Na2O7S2-2. The molecule has 2 aromatic carbocycles. The molecule has 0 spiro atoms. The van der Waals surface area contributed by atoms with Crippen molar-refractivity contribution >= 4 is 43.6 Å². The van der Waals surface area contributed by atoms with Crippen LogP contribution in [0.3, 0.4) is 0 Å². The maximum atomic E-state index is 10.9. The van der Waals surface area contributed by atoms with Gasteiger partial charge in [-0.2, -0.15) is 0 Å². The number of hydrogen-bond donors (Lipinski definition) is 0. The van der Waals surface area contributed by atoms with Crippen molar-refractivity contribution in [2.45, 2.75) is 9.79 Å². The van der Waals surface area contributed by atoms with E-state index in [4.69, 9.17) is 23.6 Å². The predicted octanol–water partition coefficient (Wildman–Crippen LogP) is -3.36. The van der Waals surface area contributed by atoms with Crippen molar-refractivity contribution in [3.63, 3.8) is 0 Å². The van der Waals surface area contributed by atoms with Crippen LogP contribution in [-0.4, -0.2) is 33.3 Å². The Morgan fingerprint density at radius 3 is 1.00 bits per heavy atom. The van der Waals surface area contributed by atoms with Crippen molar-refractivity contribution in [2.24, 2.45) is 0 Å². The van der Waals surface area contributed by atoms with E-state index >= 15 is 0 Å².